The van der Waals surface area contributed by atoms with E-state index in [2.05, 4.69) is 23.3 Å². The van der Waals surface area contributed by atoms with Gasteiger partial charge in [-0.15, -0.1) is 0 Å². The molecule has 0 atom stereocenters. The van der Waals surface area contributed by atoms with Gasteiger partial charge in [0.2, 0.25) is 10.0 Å². The fraction of sp³-hybridized carbons (Fsp3) is 0.350. The fourth-order valence-electron chi connectivity index (χ4n) is 3.14. The third-order valence-corrected chi connectivity index (χ3v) is 6.72. The smallest absolute Gasteiger partial charge is 0.300 e. The summed E-state index contributed by atoms with van der Waals surface area (Å²) >= 11 is 0. The number of benzene rings is 2. The van der Waals surface area contributed by atoms with E-state index in [0.29, 0.717) is 30.2 Å². The molecular formula is C20H25N3O3S. The van der Waals surface area contributed by atoms with E-state index in [4.69, 9.17) is 4.42 Å². The van der Waals surface area contributed by atoms with Crippen molar-refractivity contribution in [3.63, 3.8) is 0 Å². The second-order valence-electron chi connectivity index (χ2n) is 6.33. The SMILES string of the molecule is CCc1cccc(C)c1Nc1nc2cc(S(=O)(=O)N(CC)CC)ccc2o1. The van der Waals surface area contributed by atoms with Crippen molar-refractivity contribution < 1.29 is 12.8 Å². The summed E-state index contributed by atoms with van der Waals surface area (Å²) in [5.41, 5.74) is 4.30. The maximum absolute atomic E-state index is 12.7. The van der Waals surface area contributed by atoms with Gasteiger partial charge < -0.3 is 9.73 Å². The molecular weight excluding hydrogens is 362 g/mol. The van der Waals surface area contributed by atoms with Crippen LogP contribution in [0.3, 0.4) is 0 Å². The summed E-state index contributed by atoms with van der Waals surface area (Å²) in [7, 11) is -3.53. The molecule has 7 heteroatoms. The highest BCUT2D eigenvalue weighted by molar-refractivity contribution is 7.89. The van der Waals surface area contributed by atoms with Crippen LogP contribution in [0.25, 0.3) is 11.1 Å². The Balaban J connectivity index is 1.98. The number of aryl methyl sites for hydroxylation is 2. The lowest BCUT2D eigenvalue weighted by Crippen LogP contribution is -2.30. The number of para-hydroxylation sites is 1. The minimum absolute atomic E-state index is 0.226. The third-order valence-electron chi connectivity index (χ3n) is 4.67. The standard InChI is InChI=1S/C20H25N3O3S/c1-5-15-10-8-9-14(4)19(15)22-20-21-17-13-16(11-12-18(17)26-20)27(24,25)23(6-2)7-3/h8-13H,5-7H2,1-4H3,(H,21,22). The molecule has 0 aliphatic heterocycles. The highest BCUT2D eigenvalue weighted by Gasteiger charge is 2.22. The van der Waals surface area contributed by atoms with Gasteiger partial charge in [0, 0.05) is 18.8 Å². The fourth-order valence-corrected chi connectivity index (χ4v) is 4.62. The largest absolute Gasteiger partial charge is 0.423 e. The molecule has 0 fully saturated rings. The Morgan fingerprint density at radius 3 is 2.52 bits per heavy atom. The molecule has 1 N–H and O–H groups in total. The van der Waals surface area contributed by atoms with E-state index in [0.717, 1.165) is 17.7 Å². The normalized spacial score (nSPS) is 12.0. The third kappa shape index (κ3) is 3.70. The van der Waals surface area contributed by atoms with Crippen molar-refractivity contribution in [1.82, 2.24) is 9.29 Å². The molecule has 27 heavy (non-hydrogen) atoms. The summed E-state index contributed by atoms with van der Waals surface area (Å²) in [6, 6.07) is 11.3. The van der Waals surface area contributed by atoms with E-state index in [1.165, 1.54) is 9.87 Å². The van der Waals surface area contributed by atoms with Gasteiger partial charge in [0.1, 0.15) is 5.52 Å². The molecule has 0 amide bonds. The van der Waals surface area contributed by atoms with Gasteiger partial charge in [-0.2, -0.15) is 9.29 Å². The number of hydrogen-bond donors (Lipinski definition) is 1. The van der Waals surface area contributed by atoms with Crippen LogP contribution in [0, 0.1) is 6.92 Å². The topological polar surface area (TPSA) is 75.4 Å². The molecule has 144 valence electrons. The zero-order chi connectivity index (χ0) is 19.6. The van der Waals surface area contributed by atoms with Crippen LogP contribution < -0.4 is 5.32 Å². The van der Waals surface area contributed by atoms with Gasteiger partial charge in [0.15, 0.2) is 5.58 Å². The quantitative estimate of drug-likeness (QED) is 0.647. The average Bonchev–Trinajstić information content (AvgIpc) is 3.05. The summed E-state index contributed by atoms with van der Waals surface area (Å²) < 4.78 is 32.6. The van der Waals surface area contributed by atoms with E-state index >= 15 is 0 Å². The lowest BCUT2D eigenvalue weighted by molar-refractivity contribution is 0.445. The molecule has 1 heterocycles. The van der Waals surface area contributed by atoms with Gasteiger partial charge in [0.05, 0.1) is 4.90 Å². The van der Waals surface area contributed by atoms with E-state index in [1.807, 2.05) is 32.9 Å². The average molecular weight is 388 g/mol. The van der Waals surface area contributed by atoms with Gasteiger partial charge in [-0.05, 0) is 42.7 Å². The van der Waals surface area contributed by atoms with Crippen LogP contribution in [0.5, 0.6) is 0 Å². The van der Waals surface area contributed by atoms with E-state index in [9.17, 15) is 8.42 Å². The first kappa shape index (κ1) is 19.4. The first-order valence-electron chi connectivity index (χ1n) is 9.16. The number of rotatable bonds is 7. The van der Waals surface area contributed by atoms with Gasteiger partial charge in [0.25, 0.3) is 6.01 Å². The molecule has 6 nitrogen and oxygen atoms in total. The van der Waals surface area contributed by atoms with Crippen LogP contribution in [0.15, 0.2) is 45.7 Å². The zero-order valence-electron chi connectivity index (χ0n) is 16.1. The lowest BCUT2D eigenvalue weighted by atomic mass is 10.1. The minimum Gasteiger partial charge on any atom is -0.423 e. The molecule has 0 unspecified atom stereocenters. The highest BCUT2D eigenvalue weighted by Crippen LogP contribution is 2.29. The Bertz CT molecular complexity index is 1050. The number of anilines is 2. The Labute approximate surface area is 160 Å². The molecule has 3 rings (SSSR count). The van der Waals surface area contributed by atoms with Gasteiger partial charge in [-0.3, -0.25) is 0 Å². The second-order valence-corrected chi connectivity index (χ2v) is 8.26. The maximum atomic E-state index is 12.7. The summed E-state index contributed by atoms with van der Waals surface area (Å²) in [4.78, 5) is 4.67. The number of fused-ring (bicyclic) bond motifs is 1. The summed E-state index contributed by atoms with van der Waals surface area (Å²) in [6.45, 7) is 8.62. The first-order chi connectivity index (χ1) is 12.9. The van der Waals surface area contributed by atoms with Crippen molar-refractivity contribution in [3.8, 4) is 0 Å². The molecule has 1 aromatic heterocycles. The predicted molar refractivity (Wildman–Crippen MR) is 108 cm³/mol. The molecule has 0 saturated carbocycles. The van der Waals surface area contributed by atoms with E-state index < -0.39 is 10.0 Å². The van der Waals surface area contributed by atoms with Crippen molar-refractivity contribution in [3.05, 3.63) is 47.5 Å². The summed E-state index contributed by atoms with van der Waals surface area (Å²) in [5.74, 6) is 0. The summed E-state index contributed by atoms with van der Waals surface area (Å²) in [5, 5.41) is 3.25. The first-order valence-corrected chi connectivity index (χ1v) is 10.6. The van der Waals surface area contributed by atoms with Crippen molar-refractivity contribution in [2.24, 2.45) is 0 Å². The monoisotopic (exact) mass is 387 g/mol. The number of nitrogens with one attached hydrogen (secondary N) is 1. The zero-order valence-corrected chi connectivity index (χ0v) is 16.9. The molecule has 0 radical (unpaired) electrons. The second kappa shape index (κ2) is 7.70. The Hall–Kier alpha value is -2.38. The van der Waals surface area contributed by atoms with Crippen molar-refractivity contribution in [1.29, 1.82) is 0 Å². The van der Waals surface area contributed by atoms with Crippen LogP contribution in [-0.2, 0) is 16.4 Å². The predicted octanol–water partition coefficient (Wildman–Crippen LogP) is 4.47. The van der Waals surface area contributed by atoms with Gasteiger partial charge in [-0.25, -0.2) is 8.42 Å². The van der Waals surface area contributed by atoms with Crippen LogP contribution >= 0.6 is 0 Å². The number of oxazole rings is 1. The molecule has 0 bridgehead atoms. The molecule has 0 aliphatic rings. The Morgan fingerprint density at radius 2 is 1.85 bits per heavy atom. The Kier molecular flexibility index (Phi) is 5.53. The van der Waals surface area contributed by atoms with Crippen molar-refractivity contribution in [2.75, 3.05) is 18.4 Å². The van der Waals surface area contributed by atoms with Gasteiger partial charge >= 0.3 is 0 Å². The molecule has 3 aromatic rings. The van der Waals surface area contributed by atoms with Crippen molar-refractivity contribution >= 4 is 32.8 Å². The van der Waals surface area contributed by atoms with E-state index in [-0.39, 0.29) is 4.90 Å². The molecule has 0 aliphatic carbocycles. The molecule has 2 aromatic carbocycles. The lowest BCUT2D eigenvalue weighted by Gasteiger charge is -2.18. The molecule has 0 spiro atoms. The van der Waals surface area contributed by atoms with Crippen LogP contribution in [0.1, 0.15) is 31.9 Å². The van der Waals surface area contributed by atoms with Crippen molar-refractivity contribution in [2.45, 2.75) is 39.0 Å². The van der Waals surface area contributed by atoms with E-state index in [1.54, 1.807) is 18.2 Å². The number of hydrogen-bond acceptors (Lipinski definition) is 5. The minimum atomic E-state index is -3.53. The summed E-state index contributed by atoms with van der Waals surface area (Å²) in [6.07, 6.45) is 0.885. The Morgan fingerprint density at radius 1 is 1.11 bits per heavy atom. The molecule has 0 saturated heterocycles. The number of aromatic nitrogens is 1. The van der Waals surface area contributed by atoms with Crippen LogP contribution in [0.2, 0.25) is 0 Å². The number of nitrogens with zero attached hydrogens (tertiary/aromatic N) is 2. The maximum Gasteiger partial charge on any atom is 0.300 e. The van der Waals surface area contributed by atoms with Crippen LogP contribution in [0.4, 0.5) is 11.7 Å². The highest BCUT2D eigenvalue weighted by atomic mass is 32.2. The number of sulfonamides is 1. The van der Waals surface area contributed by atoms with Crippen LogP contribution in [-0.4, -0.2) is 30.8 Å². The van der Waals surface area contributed by atoms with Gasteiger partial charge in [-0.1, -0.05) is 39.0 Å².